The molecule has 0 radical (unpaired) electrons. The maximum absolute atomic E-state index is 14.5. The molecule has 13 heteroatoms. The zero-order chi connectivity index (χ0) is 34.9. The van der Waals surface area contributed by atoms with Crippen LogP contribution in [0.25, 0.3) is 11.3 Å². The Hall–Kier alpha value is -4.62. The van der Waals surface area contributed by atoms with Gasteiger partial charge in [-0.2, -0.15) is 4.98 Å². The molecular formula is C36H43N7O5S. The number of nitrogens with one attached hydrogen (secondary N) is 1. The Kier molecular flexibility index (Phi) is 9.58. The lowest BCUT2D eigenvalue weighted by molar-refractivity contribution is 0.0509. The molecule has 2 aliphatic rings. The molecule has 2 aliphatic heterocycles. The van der Waals surface area contributed by atoms with Gasteiger partial charge in [0.25, 0.3) is 15.9 Å². The van der Waals surface area contributed by atoms with E-state index in [4.69, 9.17) is 14.5 Å². The van der Waals surface area contributed by atoms with Gasteiger partial charge in [0.1, 0.15) is 12.4 Å². The number of nitrogens with zero attached hydrogens (tertiary/aromatic N) is 6. The normalized spacial score (nSPS) is 19.2. The Morgan fingerprint density at radius 2 is 1.76 bits per heavy atom. The molecule has 0 spiro atoms. The molecule has 6 rings (SSSR count). The Bertz CT molecular complexity index is 1940. The maximum Gasteiger partial charge on any atom is 0.264 e. The van der Waals surface area contributed by atoms with Crippen molar-refractivity contribution in [2.45, 2.75) is 71.0 Å². The van der Waals surface area contributed by atoms with Crippen molar-refractivity contribution in [3.05, 3.63) is 83.3 Å². The van der Waals surface area contributed by atoms with Crippen LogP contribution in [-0.4, -0.2) is 78.1 Å². The first-order chi connectivity index (χ1) is 23.3. The molecule has 1 saturated heterocycles. The fourth-order valence-electron chi connectivity index (χ4n) is 6.38. The predicted molar refractivity (Wildman–Crippen MR) is 187 cm³/mol. The standard InChI is InChI=1S/C36H43N7O5S/c1-23-9-7-10-24(2)33(23)30-16-32-40-35(39-30)41-49(45,46)29-12-8-11-25(15-29)34(44)43(28(22-48-32)17-36(3,4)5)20-26-18-37-19-31(38-26)42(6)27-13-14-47-21-27/h7-12,15-16,18-19,27-28H,13-14,17,20-22H2,1-6H3,(H,39,40,41)/t27?,28-/m1/s1. The molecule has 2 aromatic carbocycles. The van der Waals surface area contributed by atoms with Crippen LogP contribution in [0.4, 0.5) is 11.8 Å². The number of anilines is 2. The SMILES string of the molecule is Cc1cccc(C)c1-c1cc2nc(n1)NS(=O)(=O)c1cccc(c1)C(=O)N(Cc1cncc(N(C)C3CCOC3)n1)[C@H](CC(C)(C)C)CO2. The molecule has 4 heterocycles. The van der Waals surface area contributed by atoms with Gasteiger partial charge in [0, 0.05) is 30.8 Å². The maximum atomic E-state index is 14.5. The van der Waals surface area contributed by atoms with Crippen LogP contribution < -0.4 is 14.4 Å². The van der Waals surface area contributed by atoms with E-state index in [0.717, 1.165) is 23.1 Å². The van der Waals surface area contributed by atoms with E-state index in [2.05, 4.69) is 45.3 Å². The number of carbonyl (C=O) groups excluding carboxylic acids is 1. The van der Waals surface area contributed by atoms with Crippen LogP contribution in [0.1, 0.15) is 60.8 Å². The minimum atomic E-state index is -4.18. The van der Waals surface area contributed by atoms with E-state index in [9.17, 15) is 13.2 Å². The molecular weight excluding hydrogens is 643 g/mol. The first-order valence-electron chi connectivity index (χ1n) is 16.4. The highest BCUT2D eigenvalue weighted by atomic mass is 32.2. The first kappa shape index (κ1) is 34.3. The summed E-state index contributed by atoms with van der Waals surface area (Å²) in [5.74, 6) is 0.388. The quantitative estimate of drug-likeness (QED) is 0.280. The number of ether oxygens (including phenoxy) is 2. The number of fused-ring (bicyclic) bond motifs is 4. The molecule has 1 amide bonds. The fraction of sp³-hybridized carbons (Fsp3) is 0.417. The van der Waals surface area contributed by atoms with Crippen molar-refractivity contribution >= 4 is 27.7 Å². The summed E-state index contributed by atoms with van der Waals surface area (Å²) in [5.41, 5.74) is 3.93. The fourth-order valence-corrected chi connectivity index (χ4v) is 7.37. The third kappa shape index (κ3) is 7.83. The molecule has 49 heavy (non-hydrogen) atoms. The lowest BCUT2D eigenvalue weighted by atomic mass is 9.87. The van der Waals surface area contributed by atoms with E-state index in [-0.39, 0.29) is 52.8 Å². The molecule has 0 saturated carbocycles. The van der Waals surface area contributed by atoms with Gasteiger partial charge in [-0.25, -0.2) is 23.1 Å². The van der Waals surface area contributed by atoms with Crippen LogP contribution in [0.15, 0.2) is 65.8 Å². The van der Waals surface area contributed by atoms with Crippen molar-refractivity contribution in [2.24, 2.45) is 5.41 Å². The Balaban J connectivity index is 1.45. The van der Waals surface area contributed by atoms with Crippen molar-refractivity contribution in [3.8, 4) is 17.1 Å². The Morgan fingerprint density at radius 3 is 2.47 bits per heavy atom. The van der Waals surface area contributed by atoms with Gasteiger partial charge in [-0.1, -0.05) is 45.0 Å². The molecule has 2 atom stereocenters. The van der Waals surface area contributed by atoms with Gasteiger partial charge >= 0.3 is 0 Å². The third-order valence-corrected chi connectivity index (χ3v) is 10.2. The highest BCUT2D eigenvalue weighted by Gasteiger charge is 2.32. The number of rotatable bonds is 6. The van der Waals surface area contributed by atoms with Crippen LogP contribution in [0.2, 0.25) is 0 Å². The van der Waals surface area contributed by atoms with Crippen molar-refractivity contribution in [1.82, 2.24) is 24.8 Å². The van der Waals surface area contributed by atoms with Gasteiger partial charge in [-0.05, 0) is 61.4 Å². The van der Waals surface area contributed by atoms with Crippen LogP contribution in [0.5, 0.6) is 5.88 Å². The van der Waals surface area contributed by atoms with Gasteiger partial charge < -0.3 is 19.3 Å². The Labute approximate surface area is 288 Å². The largest absolute Gasteiger partial charge is 0.475 e. The first-order valence-corrected chi connectivity index (χ1v) is 17.9. The third-order valence-electron chi connectivity index (χ3n) is 8.85. The average molecular weight is 686 g/mol. The number of likely N-dealkylation sites (N-methyl/N-ethyl adjacent to an activating group) is 1. The predicted octanol–water partition coefficient (Wildman–Crippen LogP) is 5.42. The summed E-state index contributed by atoms with van der Waals surface area (Å²) in [6.07, 6.45) is 4.83. The number of amides is 1. The highest BCUT2D eigenvalue weighted by Crippen LogP contribution is 2.32. The highest BCUT2D eigenvalue weighted by molar-refractivity contribution is 7.92. The zero-order valence-electron chi connectivity index (χ0n) is 28.8. The van der Waals surface area contributed by atoms with E-state index >= 15 is 0 Å². The van der Waals surface area contributed by atoms with Crippen molar-refractivity contribution in [3.63, 3.8) is 0 Å². The van der Waals surface area contributed by atoms with Crippen molar-refractivity contribution in [2.75, 3.05) is 36.5 Å². The number of hydrogen-bond acceptors (Lipinski definition) is 10. The lowest BCUT2D eigenvalue weighted by Gasteiger charge is -2.35. The molecule has 12 nitrogen and oxygen atoms in total. The number of aryl methyl sites for hydroxylation is 2. The van der Waals surface area contributed by atoms with Crippen LogP contribution in [0, 0.1) is 19.3 Å². The minimum absolute atomic E-state index is 0.0874. The van der Waals surface area contributed by atoms with Crippen molar-refractivity contribution in [1.29, 1.82) is 0 Å². The number of aromatic nitrogens is 4. The zero-order valence-corrected chi connectivity index (χ0v) is 29.6. The summed E-state index contributed by atoms with van der Waals surface area (Å²) in [6.45, 7) is 11.8. The lowest BCUT2D eigenvalue weighted by Crippen LogP contribution is -2.45. The molecule has 2 aromatic heterocycles. The van der Waals surface area contributed by atoms with E-state index in [1.54, 1.807) is 35.5 Å². The second-order valence-corrected chi connectivity index (χ2v) is 15.7. The second-order valence-electron chi connectivity index (χ2n) is 14.0. The minimum Gasteiger partial charge on any atom is -0.475 e. The van der Waals surface area contributed by atoms with Crippen LogP contribution in [-0.2, 0) is 21.3 Å². The van der Waals surface area contributed by atoms with Crippen LogP contribution >= 0.6 is 0 Å². The molecule has 4 bridgehead atoms. The molecule has 258 valence electrons. The van der Waals surface area contributed by atoms with E-state index < -0.39 is 16.1 Å². The summed E-state index contributed by atoms with van der Waals surface area (Å²) in [5, 5.41) is 0. The monoisotopic (exact) mass is 685 g/mol. The summed E-state index contributed by atoms with van der Waals surface area (Å²) < 4.78 is 41.9. The number of carbonyl (C=O) groups is 1. The van der Waals surface area contributed by atoms with E-state index in [1.165, 1.54) is 12.1 Å². The molecule has 1 unspecified atom stereocenters. The van der Waals surface area contributed by atoms with E-state index in [1.807, 2.05) is 39.1 Å². The smallest absolute Gasteiger partial charge is 0.264 e. The number of benzene rings is 2. The van der Waals surface area contributed by atoms with Gasteiger partial charge in [0.2, 0.25) is 11.8 Å². The topological polar surface area (TPSA) is 140 Å². The van der Waals surface area contributed by atoms with Crippen molar-refractivity contribution < 1.29 is 22.7 Å². The molecule has 0 aliphatic carbocycles. The summed E-state index contributed by atoms with van der Waals surface area (Å²) in [4.78, 5) is 36.7. The number of hydrogen-bond donors (Lipinski definition) is 1. The molecule has 4 aromatic rings. The van der Waals surface area contributed by atoms with Gasteiger partial charge in [-0.3, -0.25) is 9.78 Å². The van der Waals surface area contributed by atoms with Crippen LogP contribution in [0.3, 0.4) is 0 Å². The second kappa shape index (κ2) is 13.7. The van der Waals surface area contributed by atoms with E-state index in [0.29, 0.717) is 36.8 Å². The Morgan fingerprint density at radius 1 is 1.00 bits per heavy atom. The summed E-state index contributed by atoms with van der Waals surface area (Å²) in [7, 11) is -2.21. The summed E-state index contributed by atoms with van der Waals surface area (Å²) >= 11 is 0. The molecule has 1 fully saturated rings. The molecule has 1 N–H and O–H groups in total. The van der Waals surface area contributed by atoms with Gasteiger partial charge in [0.15, 0.2) is 0 Å². The van der Waals surface area contributed by atoms with Gasteiger partial charge in [-0.15, -0.1) is 0 Å². The average Bonchev–Trinajstić information content (AvgIpc) is 3.59. The number of sulfonamides is 1. The summed E-state index contributed by atoms with van der Waals surface area (Å²) in [6, 6.07) is 13.4. The van der Waals surface area contributed by atoms with Gasteiger partial charge in [0.05, 0.1) is 53.9 Å².